The molecule has 38 heavy (non-hydrogen) atoms. The molecule has 198 valence electrons. The van der Waals surface area contributed by atoms with Crippen LogP contribution < -0.4 is 5.32 Å². The maximum absolute atomic E-state index is 12.8. The number of nitriles is 1. The molecule has 2 heterocycles. The first-order valence-corrected chi connectivity index (χ1v) is 13.3. The minimum atomic E-state index is -1.54. The van der Waals surface area contributed by atoms with Gasteiger partial charge >= 0.3 is 12.1 Å². The molecule has 8 heteroatoms. The van der Waals surface area contributed by atoms with Crippen molar-refractivity contribution in [3.8, 4) is 17.2 Å². The molecule has 1 saturated heterocycles. The zero-order valence-corrected chi connectivity index (χ0v) is 21.7. The topological polar surface area (TPSA) is 122 Å². The molecule has 7 atom stereocenters. The average Bonchev–Trinajstić information content (AvgIpc) is 3.14. The SMILES string of the molecule is CCOC(=O)N[C@@H]1CCC2C(C1)C[C@@]1(O)C(=O)O[C@H](C)C1C2/C=C/c1ccc(-c2ccccc2C#N)cn1. The fourth-order valence-electron chi connectivity index (χ4n) is 6.85. The van der Waals surface area contributed by atoms with E-state index in [9.17, 15) is 20.0 Å². The number of nitrogens with zero attached hydrogens (tertiary/aromatic N) is 2. The molecule has 1 aliphatic heterocycles. The van der Waals surface area contributed by atoms with Gasteiger partial charge in [0.15, 0.2) is 5.60 Å². The Kier molecular flexibility index (Phi) is 7.22. The molecule has 0 spiro atoms. The number of fused-ring (bicyclic) bond motifs is 2. The predicted octanol–water partition coefficient (Wildman–Crippen LogP) is 4.48. The number of hydrogen-bond acceptors (Lipinski definition) is 7. The van der Waals surface area contributed by atoms with E-state index in [1.54, 1.807) is 19.2 Å². The van der Waals surface area contributed by atoms with Crippen LogP contribution in [0.5, 0.6) is 0 Å². The summed E-state index contributed by atoms with van der Waals surface area (Å²) in [6.45, 7) is 3.93. The smallest absolute Gasteiger partial charge is 0.407 e. The van der Waals surface area contributed by atoms with Crippen LogP contribution >= 0.6 is 0 Å². The number of nitrogens with one attached hydrogen (secondary N) is 1. The number of hydrogen-bond donors (Lipinski definition) is 2. The van der Waals surface area contributed by atoms with Gasteiger partial charge in [0.1, 0.15) is 6.10 Å². The fourth-order valence-corrected chi connectivity index (χ4v) is 6.85. The van der Waals surface area contributed by atoms with E-state index >= 15 is 0 Å². The molecule has 3 fully saturated rings. The minimum Gasteiger partial charge on any atom is -0.460 e. The molecule has 4 unspecified atom stereocenters. The second-order valence-corrected chi connectivity index (χ2v) is 10.6. The van der Waals surface area contributed by atoms with Gasteiger partial charge in [0, 0.05) is 29.3 Å². The van der Waals surface area contributed by atoms with Crippen molar-refractivity contribution < 1.29 is 24.2 Å². The Labute approximate surface area is 222 Å². The van der Waals surface area contributed by atoms with Gasteiger partial charge in [0.25, 0.3) is 0 Å². The van der Waals surface area contributed by atoms with E-state index < -0.39 is 23.8 Å². The second kappa shape index (κ2) is 10.6. The average molecular weight is 516 g/mol. The van der Waals surface area contributed by atoms with Gasteiger partial charge in [0.2, 0.25) is 0 Å². The first-order chi connectivity index (χ1) is 18.3. The highest BCUT2D eigenvalue weighted by atomic mass is 16.6. The Balaban J connectivity index is 1.38. The number of benzene rings is 1. The monoisotopic (exact) mass is 515 g/mol. The summed E-state index contributed by atoms with van der Waals surface area (Å²) < 4.78 is 10.6. The summed E-state index contributed by atoms with van der Waals surface area (Å²) in [5, 5.41) is 23.9. The molecule has 5 rings (SSSR count). The van der Waals surface area contributed by atoms with Crippen LogP contribution in [-0.2, 0) is 14.3 Å². The number of alkyl carbamates (subject to hydrolysis) is 1. The molecule has 1 aromatic carbocycles. The van der Waals surface area contributed by atoms with Crippen molar-refractivity contribution in [1.29, 1.82) is 5.26 Å². The Morgan fingerprint density at radius 1 is 1.32 bits per heavy atom. The van der Waals surface area contributed by atoms with Crippen molar-refractivity contribution in [2.24, 2.45) is 23.7 Å². The van der Waals surface area contributed by atoms with E-state index in [0.29, 0.717) is 25.0 Å². The highest BCUT2D eigenvalue weighted by Crippen LogP contribution is 2.55. The van der Waals surface area contributed by atoms with E-state index in [1.807, 2.05) is 43.3 Å². The Hall–Kier alpha value is -3.70. The number of amides is 1. The summed E-state index contributed by atoms with van der Waals surface area (Å²) in [4.78, 5) is 29.4. The minimum absolute atomic E-state index is 0.0552. The van der Waals surface area contributed by atoms with E-state index in [0.717, 1.165) is 29.7 Å². The molecular weight excluding hydrogens is 482 g/mol. The highest BCUT2D eigenvalue weighted by molar-refractivity contribution is 5.82. The third kappa shape index (κ3) is 4.79. The summed E-state index contributed by atoms with van der Waals surface area (Å²) in [5.41, 5.74) is 1.51. The number of pyridine rings is 1. The number of allylic oxidation sites excluding steroid dienone is 1. The lowest BCUT2D eigenvalue weighted by molar-refractivity contribution is -0.162. The van der Waals surface area contributed by atoms with Gasteiger partial charge in [-0.1, -0.05) is 30.3 Å². The quantitative estimate of drug-likeness (QED) is 0.563. The Morgan fingerprint density at radius 2 is 2.13 bits per heavy atom. The number of esters is 1. The van der Waals surface area contributed by atoms with Gasteiger partial charge in [0.05, 0.1) is 23.9 Å². The number of ether oxygens (including phenoxy) is 2. The summed E-state index contributed by atoms with van der Waals surface area (Å²) in [6.07, 6.45) is 7.65. The highest BCUT2D eigenvalue weighted by Gasteiger charge is 2.63. The lowest BCUT2D eigenvalue weighted by Crippen LogP contribution is -2.56. The van der Waals surface area contributed by atoms with E-state index in [-0.39, 0.29) is 29.7 Å². The van der Waals surface area contributed by atoms with E-state index in [2.05, 4.69) is 22.4 Å². The fraction of sp³-hybridized carbons (Fsp3) is 0.467. The Morgan fingerprint density at radius 3 is 2.87 bits per heavy atom. The summed E-state index contributed by atoms with van der Waals surface area (Å²) >= 11 is 0. The zero-order valence-electron chi connectivity index (χ0n) is 21.7. The van der Waals surface area contributed by atoms with Crippen LogP contribution in [0.2, 0.25) is 0 Å². The van der Waals surface area contributed by atoms with Crippen molar-refractivity contribution in [2.75, 3.05) is 6.61 Å². The lowest BCUT2D eigenvalue weighted by Gasteiger charge is -2.50. The molecule has 2 aliphatic carbocycles. The first kappa shape index (κ1) is 25.9. The van der Waals surface area contributed by atoms with Crippen LogP contribution in [-0.4, -0.2) is 46.5 Å². The largest absolute Gasteiger partial charge is 0.460 e. The van der Waals surface area contributed by atoms with Crippen LogP contribution in [0, 0.1) is 35.0 Å². The predicted molar refractivity (Wildman–Crippen MR) is 140 cm³/mol. The molecule has 1 aromatic heterocycles. The number of carbonyl (C=O) groups is 2. The molecule has 2 aromatic rings. The van der Waals surface area contributed by atoms with Crippen molar-refractivity contribution in [2.45, 2.75) is 57.3 Å². The van der Waals surface area contributed by atoms with Crippen molar-refractivity contribution in [3.63, 3.8) is 0 Å². The molecule has 3 aliphatic rings. The number of aromatic nitrogens is 1. The standard InChI is InChI=1S/C30H33N3O5/c1-3-37-29(35)33-23-11-12-25-21(14-23)15-30(36)27(18(2)38-28(30)34)26(25)13-10-22-9-8-20(17-32-22)24-7-5-4-6-19(24)16-31/h4-10,13,17-18,21,23,25-27,36H,3,11-12,14-15H2,1-2H3,(H,33,35)/b13-10+/t18-,21?,23-,25?,26?,27?,30+/m1/s1. The summed E-state index contributed by atoms with van der Waals surface area (Å²) in [5.74, 6) is -0.669. The Bertz CT molecular complexity index is 1270. The number of carbonyl (C=O) groups excluding carboxylic acids is 2. The lowest BCUT2D eigenvalue weighted by atomic mass is 9.55. The molecular formula is C30H33N3O5. The summed E-state index contributed by atoms with van der Waals surface area (Å²) in [7, 11) is 0. The van der Waals surface area contributed by atoms with Crippen LogP contribution in [0.25, 0.3) is 17.2 Å². The second-order valence-electron chi connectivity index (χ2n) is 10.6. The van der Waals surface area contributed by atoms with Gasteiger partial charge in [-0.05, 0) is 75.5 Å². The number of cyclic esters (lactones) is 1. The normalized spacial score (nSPS) is 32.1. The van der Waals surface area contributed by atoms with Gasteiger partial charge in [-0.3, -0.25) is 4.98 Å². The number of rotatable bonds is 5. The van der Waals surface area contributed by atoms with Gasteiger partial charge < -0.3 is 19.9 Å². The third-order valence-electron chi connectivity index (χ3n) is 8.46. The van der Waals surface area contributed by atoms with Crippen LogP contribution in [0.4, 0.5) is 4.79 Å². The van der Waals surface area contributed by atoms with Crippen LogP contribution in [0.1, 0.15) is 50.8 Å². The first-order valence-electron chi connectivity index (χ1n) is 13.3. The van der Waals surface area contributed by atoms with Gasteiger partial charge in [-0.25, -0.2) is 9.59 Å². The van der Waals surface area contributed by atoms with Crippen LogP contribution in [0.3, 0.4) is 0 Å². The number of aliphatic hydroxyl groups is 1. The van der Waals surface area contributed by atoms with Crippen molar-refractivity contribution in [1.82, 2.24) is 10.3 Å². The third-order valence-corrected chi connectivity index (χ3v) is 8.46. The van der Waals surface area contributed by atoms with Gasteiger partial charge in [-0.15, -0.1) is 0 Å². The molecule has 0 bridgehead atoms. The van der Waals surface area contributed by atoms with E-state index in [4.69, 9.17) is 9.47 Å². The molecule has 1 amide bonds. The van der Waals surface area contributed by atoms with Gasteiger partial charge in [-0.2, -0.15) is 5.26 Å². The van der Waals surface area contributed by atoms with Crippen molar-refractivity contribution >= 4 is 18.1 Å². The van der Waals surface area contributed by atoms with E-state index in [1.165, 1.54) is 0 Å². The maximum Gasteiger partial charge on any atom is 0.407 e. The maximum atomic E-state index is 12.8. The molecule has 8 nitrogen and oxygen atoms in total. The van der Waals surface area contributed by atoms with Crippen LogP contribution in [0.15, 0.2) is 48.7 Å². The zero-order chi connectivity index (χ0) is 26.9. The molecule has 2 N–H and O–H groups in total. The molecule has 2 saturated carbocycles. The molecule has 0 radical (unpaired) electrons. The van der Waals surface area contributed by atoms with Crippen molar-refractivity contribution in [3.05, 3.63) is 59.9 Å². The summed E-state index contributed by atoms with van der Waals surface area (Å²) in [6, 6.07) is 13.4.